The van der Waals surface area contributed by atoms with Gasteiger partial charge in [-0.15, -0.1) is 0 Å². The van der Waals surface area contributed by atoms with E-state index >= 15 is 0 Å². The topological polar surface area (TPSA) is 65.1 Å². The molecule has 0 radical (unpaired) electrons. The van der Waals surface area contributed by atoms with E-state index in [1.807, 2.05) is 25.1 Å². The Bertz CT molecular complexity index is 516. The molecule has 0 spiro atoms. The molecule has 1 atom stereocenters. The van der Waals surface area contributed by atoms with Crippen molar-refractivity contribution in [3.63, 3.8) is 0 Å². The molecule has 0 aromatic heterocycles. The summed E-state index contributed by atoms with van der Waals surface area (Å²) in [6.45, 7) is 6.44. The molecule has 0 saturated carbocycles. The van der Waals surface area contributed by atoms with Gasteiger partial charge in [-0.05, 0) is 24.6 Å². The fourth-order valence-electron chi connectivity index (χ4n) is 2.48. The Kier molecular flexibility index (Phi) is 5.70. The fraction of sp³-hybridized carbons (Fsp3) is 0.500. The lowest BCUT2D eigenvalue weighted by atomic mass is 10.1. The lowest BCUT2D eigenvalue weighted by Crippen LogP contribution is -2.52. The minimum absolute atomic E-state index is 0.0397. The number of piperazine rings is 1. The predicted octanol–water partition coefficient (Wildman–Crippen LogP) is 2.25. The summed E-state index contributed by atoms with van der Waals surface area (Å²) in [5.41, 5.74) is 6.81. The standard InChI is InChI=1S/C14H20Cl2N4O/c1-10(14(17)18-21)20-6-4-19(5-7-20)9-11-2-3-12(15)13(16)8-11/h2-3,8,10,21H,4-7,9H2,1H3,(H2,17,18). The van der Waals surface area contributed by atoms with Crippen LogP contribution in [0.4, 0.5) is 0 Å². The van der Waals surface area contributed by atoms with Crippen molar-refractivity contribution >= 4 is 29.0 Å². The molecule has 7 heteroatoms. The first-order valence-corrected chi connectivity index (χ1v) is 7.64. The Hall–Kier alpha value is -1.01. The highest BCUT2D eigenvalue weighted by Crippen LogP contribution is 2.23. The second kappa shape index (κ2) is 7.31. The van der Waals surface area contributed by atoms with E-state index in [0.717, 1.165) is 38.3 Å². The summed E-state index contributed by atoms with van der Waals surface area (Å²) in [7, 11) is 0. The van der Waals surface area contributed by atoms with Crippen LogP contribution < -0.4 is 5.73 Å². The Morgan fingerprint density at radius 3 is 2.52 bits per heavy atom. The van der Waals surface area contributed by atoms with Gasteiger partial charge < -0.3 is 10.9 Å². The lowest BCUT2D eigenvalue weighted by Gasteiger charge is -2.37. The Morgan fingerprint density at radius 2 is 1.95 bits per heavy atom. The van der Waals surface area contributed by atoms with Crippen molar-refractivity contribution in [3.05, 3.63) is 33.8 Å². The van der Waals surface area contributed by atoms with E-state index in [0.29, 0.717) is 10.0 Å². The fourth-order valence-corrected chi connectivity index (χ4v) is 2.80. The zero-order chi connectivity index (χ0) is 15.4. The number of oxime groups is 1. The highest BCUT2D eigenvalue weighted by molar-refractivity contribution is 6.42. The van der Waals surface area contributed by atoms with Gasteiger partial charge in [-0.25, -0.2) is 0 Å². The second-order valence-corrected chi connectivity index (χ2v) is 6.08. The molecule has 1 fully saturated rings. The molecule has 1 aromatic rings. The van der Waals surface area contributed by atoms with Gasteiger partial charge in [-0.1, -0.05) is 34.4 Å². The number of hydrogen-bond donors (Lipinski definition) is 2. The van der Waals surface area contributed by atoms with E-state index in [1.165, 1.54) is 0 Å². The number of hydrogen-bond acceptors (Lipinski definition) is 4. The molecular weight excluding hydrogens is 311 g/mol. The van der Waals surface area contributed by atoms with Crippen molar-refractivity contribution in [3.8, 4) is 0 Å². The first kappa shape index (κ1) is 16.4. The van der Waals surface area contributed by atoms with Crippen molar-refractivity contribution in [2.24, 2.45) is 10.9 Å². The number of halogens is 2. The SMILES string of the molecule is CC(C(N)=NO)N1CCN(Cc2ccc(Cl)c(Cl)c2)CC1. The van der Waals surface area contributed by atoms with Crippen molar-refractivity contribution < 1.29 is 5.21 Å². The van der Waals surface area contributed by atoms with Gasteiger partial charge in [-0.3, -0.25) is 9.80 Å². The summed E-state index contributed by atoms with van der Waals surface area (Å²) < 4.78 is 0. The van der Waals surface area contributed by atoms with Crippen molar-refractivity contribution in [1.29, 1.82) is 0 Å². The average Bonchev–Trinajstić information content (AvgIpc) is 2.50. The summed E-state index contributed by atoms with van der Waals surface area (Å²) in [6, 6.07) is 5.70. The van der Waals surface area contributed by atoms with Crippen LogP contribution in [0.25, 0.3) is 0 Å². The molecule has 116 valence electrons. The predicted molar refractivity (Wildman–Crippen MR) is 86.2 cm³/mol. The van der Waals surface area contributed by atoms with Gasteiger partial charge in [-0.2, -0.15) is 0 Å². The minimum Gasteiger partial charge on any atom is -0.409 e. The maximum Gasteiger partial charge on any atom is 0.156 e. The quantitative estimate of drug-likeness (QED) is 0.384. The number of benzene rings is 1. The Morgan fingerprint density at radius 1 is 1.29 bits per heavy atom. The molecule has 1 aliphatic rings. The summed E-state index contributed by atoms with van der Waals surface area (Å²) in [4.78, 5) is 4.56. The Labute approximate surface area is 134 Å². The first-order valence-electron chi connectivity index (χ1n) is 6.89. The molecule has 0 aliphatic carbocycles. The monoisotopic (exact) mass is 330 g/mol. The highest BCUT2D eigenvalue weighted by Gasteiger charge is 2.23. The molecule has 1 saturated heterocycles. The van der Waals surface area contributed by atoms with Crippen molar-refractivity contribution in [2.45, 2.75) is 19.5 Å². The maximum atomic E-state index is 8.73. The van der Waals surface area contributed by atoms with Crippen LogP contribution in [0.2, 0.25) is 10.0 Å². The van der Waals surface area contributed by atoms with Crippen LogP contribution in [0.5, 0.6) is 0 Å². The maximum absolute atomic E-state index is 8.73. The zero-order valence-corrected chi connectivity index (χ0v) is 13.5. The van der Waals surface area contributed by atoms with Gasteiger partial charge in [0, 0.05) is 32.7 Å². The minimum atomic E-state index is -0.0397. The molecule has 1 aliphatic heterocycles. The summed E-state index contributed by atoms with van der Waals surface area (Å²) in [6.07, 6.45) is 0. The van der Waals surface area contributed by atoms with Gasteiger partial charge in [0.1, 0.15) is 0 Å². The van der Waals surface area contributed by atoms with Gasteiger partial charge in [0.2, 0.25) is 0 Å². The van der Waals surface area contributed by atoms with E-state index in [1.54, 1.807) is 0 Å². The molecular formula is C14H20Cl2N4O. The van der Waals surface area contributed by atoms with Gasteiger partial charge in [0.05, 0.1) is 16.1 Å². The molecule has 3 N–H and O–H groups in total. The van der Waals surface area contributed by atoms with E-state index in [-0.39, 0.29) is 11.9 Å². The molecule has 21 heavy (non-hydrogen) atoms. The third-order valence-corrected chi connectivity index (χ3v) is 4.63. The molecule has 2 rings (SSSR count). The normalized spacial score (nSPS) is 19.7. The Balaban J connectivity index is 1.88. The molecule has 1 aromatic carbocycles. The number of nitrogens with two attached hydrogens (primary N) is 1. The molecule has 1 heterocycles. The average molecular weight is 331 g/mol. The van der Waals surface area contributed by atoms with E-state index in [9.17, 15) is 0 Å². The van der Waals surface area contributed by atoms with Crippen molar-refractivity contribution in [2.75, 3.05) is 26.2 Å². The van der Waals surface area contributed by atoms with Crippen LogP contribution in [0.1, 0.15) is 12.5 Å². The summed E-state index contributed by atoms with van der Waals surface area (Å²) in [5.74, 6) is 0.257. The number of nitrogens with zero attached hydrogens (tertiary/aromatic N) is 3. The van der Waals surface area contributed by atoms with Crippen LogP contribution in [0.15, 0.2) is 23.4 Å². The number of rotatable bonds is 4. The van der Waals surface area contributed by atoms with Gasteiger partial charge in [0.15, 0.2) is 5.84 Å². The van der Waals surface area contributed by atoms with Crippen LogP contribution in [-0.4, -0.2) is 53.1 Å². The third-order valence-electron chi connectivity index (χ3n) is 3.89. The largest absolute Gasteiger partial charge is 0.409 e. The van der Waals surface area contributed by atoms with Crippen LogP contribution in [0.3, 0.4) is 0 Å². The summed E-state index contributed by atoms with van der Waals surface area (Å²) in [5, 5.41) is 13.0. The third kappa shape index (κ3) is 4.23. The first-order chi connectivity index (χ1) is 10.0. The summed E-state index contributed by atoms with van der Waals surface area (Å²) >= 11 is 12.0. The van der Waals surface area contributed by atoms with Gasteiger partial charge >= 0.3 is 0 Å². The van der Waals surface area contributed by atoms with Crippen LogP contribution in [0, 0.1) is 0 Å². The highest BCUT2D eigenvalue weighted by atomic mass is 35.5. The van der Waals surface area contributed by atoms with Crippen LogP contribution >= 0.6 is 23.2 Å². The van der Waals surface area contributed by atoms with E-state index in [2.05, 4.69) is 15.0 Å². The lowest BCUT2D eigenvalue weighted by molar-refractivity contribution is 0.116. The number of amidine groups is 1. The molecule has 5 nitrogen and oxygen atoms in total. The van der Waals surface area contributed by atoms with Crippen molar-refractivity contribution in [1.82, 2.24) is 9.80 Å². The smallest absolute Gasteiger partial charge is 0.156 e. The van der Waals surface area contributed by atoms with E-state index in [4.69, 9.17) is 34.1 Å². The van der Waals surface area contributed by atoms with E-state index < -0.39 is 0 Å². The van der Waals surface area contributed by atoms with Gasteiger partial charge in [0.25, 0.3) is 0 Å². The zero-order valence-electron chi connectivity index (χ0n) is 12.0. The second-order valence-electron chi connectivity index (χ2n) is 5.26. The molecule has 1 unspecified atom stereocenters. The molecule has 0 bridgehead atoms. The van der Waals surface area contributed by atoms with Crippen LogP contribution in [-0.2, 0) is 6.54 Å². The molecule has 0 amide bonds.